The number of carbonyl (C=O) groups excluding carboxylic acids is 3. The first-order valence-corrected chi connectivity index (χ1v) is 12.7. The minimum atomic E-state index is -0.525. The summed E-state index contributed by atoms with van der Waals surface area (Å²) in [6.07, 6.45) is 2.42. The van der Waals surface area contributed by atoms with Gasteiger partial charge in [-0.2, -0.15) is 5.26 Å². The second-order valence-corrected chi connectivity index (χ2v) is 10.4. The Balaban J connectivity index is 1.49. The Morgan fingerprint density at radius 3 is 2.38 bits per heavy atom. The minimum absolute atomic E-state index is 0.0564. The third-order valence-electron chi connectivity index (χ3n) is 6.29. The largest absolute Gasteiger partial charge is 0.460 e. The number of benzene rings is 2. The van der Waals surface area contributed by atoms with Crippen LogP contribution >= 0.6 is 0 Å². The standard InChI is InChI=1S/C29H36N4O4/c1-20-7-10-24(18-25(20)32-28(36)31-15-5-6-26(34)37-29(2,3)4)27(35)33-16-13-23(14-17-33)22-11-8-21(19-30)9-12-22/h7-12,18,23H,5-6,13-17H2,1-4H3,(H2,31,32,36). The van der Waals surface area contributed by atoms with Crippen LogP contribution in [0.25, 0.3) is 0 Å². The molecule has 1 heterocycles. The molecule has 0 radical (unpaired) electrons. The van der Waals surface area contributed by atoms with Crippen LogP contribution in [0.4, 0.5) is 10.5 Å². The number of esters is 1. The average molecular weight is 505 g/mol. The Labute approximate surface area is 219 Å². The van der Waals surface area contributed by atoms with E-state index in [1.165, 1.54) is 5.56 Å². The maximum absolute atomic E-state index is 13.2. The highest BCUT2D eigenvalue weighted by atomic mass is 16.6. The van der Waals surface area contributed by atoms with E-state index in [0.29, 0.717) is 48.8 Å². The van der Waals surface area contributed by atoms with E-state index in [9.17, 15) is 14.4 Å². The van der Waals surface area contributed by atoms with E-state index in [0.717, 1.165) is 18.4 Å². The van der Waals surface area contributed by atoms with Gasteiger partial charge in [-0.3, -0.25) is 9.59 Å². The summed E-state index contributed by atoms with van der Waals surface area (Å²) in [7, 11) is 0. The fourth-order valence-corrected chi connectivity index (χ4v) is 4.31. The Morgan fingerprint density at radius 1 is 1.08 bits per heavy atom. The molecule has 37 heavy (non-hydrogen) atoms. The molecule has 1 aliphatic rings. The lowest BCUT2D eigenvalue weighted by atomic mass is 9.89. The predicted octanol–water partition coefficient (Wildman–Crippen LogP) is 5.13. The molecule has 196 valence electrons. The molecule has 2 N–H and O–H groups in total. The van der Waals surface area contributed by atoms with Gasteiger partial charge in [0.05, 0.1) is 11.6 Å². The number of aryl methyl sites for hydroxylation is 1. The lowest BCUT2D eigenvalue weighted by Gasteiger charge is -2.32. The first kappa shape index (κ1) is 27.7. The molecule has 0 bridgehead atoms. The Kier molecular flexibility index (Phi) is 9.29. The van der Waals surface area contributed by atoms with Gasteiger partial charge in [0.25, 0.3) is 5.91 Å². The van der Waals surface area contributed by atoms with Gasteiger partial charge < -0.3 is 20.3 Å². The van der Waals surface area contributed by atoms with E-state index in [1.807, 2.05) is 62.9 Å². The lowest BCUT2D eigenvalue weighted by Crippen LogP contribution is -2.38. The van der Waals surface area contributed by atoms with Crippen molar-refractivity contribution in [1.82, 2.24) is 10.2 Å². The zero-order valence-electron chi connectivity index (χ0n) is 22.1. The quantitative estimate of drug-likeness (QED) is 0.401. The van der Waals surface area contributed by atoms with Crippen LogP contribution in [0.5, 0.6) is 0 Å². The van der Waals surface area contributed by atoms with Crippen LogP contribution in [0.1, 0.15) is 79.4 Å². The number of urea groups is 1. The number of amides is 3. The second-order valence-electron chi connectivity index (χ2n) is 10.4. The van der Waals surface area contributed by atoms with Crippen molar-refractivity contribution in [3.63, 3.8) is 0 Å². The Bertz CT molecular complexity index is 1150. The van der Waals surface area contributed by atoms with E-state index in [4.69, 9.17) is 10.00 Å². The van der Waals surface area contributed by atoms with Crippen LogP contribution in [0.3, 0.4) is 0 Å². The summed E-state index contributed by atoms with van der Waals surface area (Å²) < 4.78 is 5.26. The molecule has 0 atom stereocenters. The van der Waals surface area contributed by atoms with E-state index in [1.54, 1.807) is 12.1 Å². The number of hydrogen-bond donors (Lipinski definition) is 2. The maximum atomic E-state index is 13.2. The van der Waals surface area contributed by atoms with Crippen LogP contribution < -0.4 is 10.6 Å². The molecular formula is C29H36N4O4. The van der Waals surface area contributed by atoms with E-state index in [2.05, 4.69) is 16.7 Å². The molecule has 0 aromatic heterocycles. The van der Waals surface area contributed by atoms with Gasteiger partial charge in [0.15, 0.2) is 0 Å². The van der Waals surface area contributed by atoms with Crippen molar-refractivity contribution in [3.8, 4) is 6.07 Å². The molecule has 0 saturated carbocycles. The summed E-state index contributed by atoms with van der Waals surface area (Å²) >= 11 is 0. The monoisotopic (exact) mass is 504 g/mol. The highest BCUT2D eigenvalue weighted by Gasteiger charge is 2.25. The highest BCUT2D eigenvalue weighted by Crippen LogP contribution is 2.29. The fourth-order valence-electron chi connectivity index (χ4n) is 4.31. The zero-order chi connectivity index (χ0) is 27.0. The number of ether oxygens (including phenoxy) is 1. The molecule has 3 rings (SSSR count). The van der Waals surface area contributed by atoms with Gasteiger partial charge in [0.2, 0.25) is 0 Å². The molecule has 0 unspecified atom stereocenters. The van der Waals surface area contributed by atoms with Crippen LogP contribution in [0.15, 0.2) is 42.5 Å². The smallest absolute Gasteiger partial charge is 0.319 e. The number of rotatable bonds is 7. The SMILES string of the molecule is Cc1ccc(C(=O)N2CCC(c3ccc(C#N)cc3)CC2)cc1NC(=O)NCCCC(=O)OC(C)(C)C. The topological polar surface area (TPSA) is 112 Å². The van der Waals surface area contributed by atoms with Crippen molar-refractivity contribution in [2.75, 3.05) is 25.0 Å². The van der Waals surface area contributed by atoms with Gasteiger partial charge in [-0.25, -0.2) is 4.79 Å². The molecule has 2 aromatic rings. The summed E-state index contributed by atoms with van der Waals surface area (Å²) in [6, 6.07) is 14.8. The van der Waals surface area contributed by atoms with Gasteiger partial charge in [0.1, 0.15) is 5.60 Å². The number of nitrogens with one attached hydrogen (secondary N) is 2. The molecular weight excluding hydrogens is 468 g/mol. The lowest BCUT2D eigenvalue weighted by molar-refractivity contribution is -0.154. The number of piperidine rings is 1. The molecule has 0 spiro atoms. The molecule has 8 heteroatoms. The predicted molar refractivity (Wildman–Crippen MR) is 142 cm³/mol. The van der Waals surface area contributed by atoms with Gasteiger partial charge in [0, 0.05) is 37.3 Å². The Morgan fingerprint density at radius 2 is 1.76 bits per heavy atom. The number of hydrogen-bond acceptors (Lipinski definition) is 5. The molecule has 1 aliphatic heterocycles. The van der Waals surface area contributed by atoms with E-state index >= 15 is 0 Å². The Hall–Kier alpha value is -3.86. The zero-order valence-corrected chi connectivity index (χ0v) is 22.1. The summed E-state index contributed by atoms with van der Waals surface area (Å²) in [5.74, 6) is 0.0165. The number of nitriles is 1. The van der Waals surface area contributed by atoms with Crippen molar-refractivity contribution in [1.29, 1.82) is 5.26 Å². The minimum Gasteiger partial charge on any atom is -0.460 e. The molecule has 1 fully saturated rings. The van der Waals surface area contributed by atoms with Gasteiger partial charge in [-0.15, -0.1) is 0 Å². The summed E-state index contributed by atoms with van der Waals surface area (Å²) in [6.45, 7) is 8.95. The number of likely N-dealkylation sites (tertiary alicyclic amines) is 1. The van der Waals surface area contributed by atoms with Gasteiger partial charge in [-0.05, 0) is 88.3 Å². The number of nitrogens with zero attached hydrogens (tertiary/aromatic N) is 2. The molecule has 1 saturated heterocycles. The van der Waals surface area contributed by atoms with Gasteiger partial charge in [-0.1, -0.05) is 18.2 Å². The van der Waals surface area contributed by atoms with E-state index < -0.39 is 5.60 Å². The molecule has 2 aromatic carbocycles. The third-order valence-corrected chi connectivity index (χ3v) is 6.29. The van der Waals surface area contributed by atoms with Crippen molar-refractivity contribution >= 4 is 23.6 Å². The van der Waals surface area contributed by atoms with Crippen molar-refractivity contribution in [2.45, 2.75) is 64.9 Å². The van der Waals surface area contributed by atoms with E-state index in [-0.39, 0.29) is 24.3 Å². The molecule has 3 amide bonds. The first-order chi connectivity index (χ1) is 17.6. The van der Waals surface area contributed by atoms with Gasteiger partial charge >= 0.3 is 12.0 Å². The van der Waals surface area contributed by atoms with Crippen LogP contribution in [0.2, 0.25) is 0 Å². The number of anilines is 1. The maximum Gasteiger partial charge on any atom is 0.319 e. The summed E-state index contributed by atoms with van der Waals surface area (Å²) in [4.78, 5) is 39.2. The van der Waals surface area contributed by atoms with Crippen molar-refractivity contribution in [3.05, 3.63) is 64.7 Å². The third kappa shape index (κ3) is 8.35. The van der Waals surface area contributed by atoms with Crippen LogP contribution in [-0.4, -0.2) is 48.0 Å². The fraction of sp³-hybridized carbons (Fsp3) is 0.448. The average Bonchev–Trinajstić information content (AvgIpc) is 2.86. The normalized spacial score (nSPS) is 14.0. The van der Waals surface area contributed by atoms with Crippen molar-refractivity contribution < 1.29 is 19.1 Å². The number of carbonyl (C=O) groups is 3. The second kappa shape index (κ2) is 12.4. The summed E-state index contributed by atoms with van der Waals surface area (Å²) in [5.41, 5.74) is 3.27. The van der Waals surface area contributed by atoms with Crippen LogP contribution in [0, 0.1) is 18.3 Å². The highest BCUT2D eigenvalue weighted by molar-refractivity contribution is 5.97. The first-order valence-electron chi connectivity index (χ1n) is 12.7. The van der Waals surface area contributed by atoms with Crippen molar-refractivity contribution in [2.24, 2.45) is 0 Å². The van der Waals surface area contributed by atoms with Crippen LogP contribution in [-0.2, 0) is 9.53 Å². The summed E-state index contributed by atoms with van der Waals surface area (Å²) in [5, 5.41) is 14.5. The molecule has 8 nitrogen and oxygen atoms in total. The molecule has 0 aliphatic carbocycles.